The molecule has 3 fully saturated rings. The number of morpholine rings is 1. The van der Waals surface area contributed by atoms with E-state index in [1.807, 2.05) is 17.0 Å². The molecule has 1 aromatic heterocycles. The van der Waals surface area contributed by atoms with Gasteiger partial charge in [0.15, 0.2) is 0 Å². The second-order valence-corrected chi connectivity index (χ2v) is 8.86. The van der Waals surface area contributed by atoms with Crippen molar-refractivity contribution < 1.29 is 9.53 Å². The summed E-state index contributed by atoms with van der Waals surface area (Å²) in [5, 5.41) is 3.56. The number of nitrogens with one attached hydrogen (secondary N) is 1. The molecule has 1 aromatic rings. The second kappa shape index (κ2) is 9.26. The first-order valence-corrected chi connectivity index (χ1v) is 11.4. The van der Waals surface area contributed by atoms with Crippen LogP contribution >= 0.6 is 11.8 Å². The molecule has 0 radical (unpaired) electrons. The van der Waals surface area contributed by atoms with Gasteiger partial charge in [-0.05, 0) is 49.3 Å². The van der Waals surface area contributed by atoms with Gasteiger partial charge >= 0.3 is 0 Å². The quantitative estimate of drug-likeness (QED) is 0.852. The molecule has 4 rings (SSSR count). The highest BCUT2D eigenvalue weighted by atomic mass is 32.2. The predicted molar refractivity (Wildman–Crippen MR) is 110 cm³/mol. The van der Waals surface area contributed by atoms with E-state index in [0.717, 1.165) is 11.9 Å². The van der Waals surface area contributed by atoms with Crippen molar-refractivity contribution in [3.8, 4) is 0 Å². The van der Waals surface area contributed by atoms with Crippen LogP contribution in [-0.2, 0) is 4.74 Å². The van der Waals surface area contributed by atoms with Crippen LogP contribution in [-0.4, -0.2) is 83.7 Å². The molecule has 4 heterocycles. The number of hydrogen-bond acceptors (Lipinski definition) is 6. The molecule has 0 spiro atoms. The van der Waals surface area contributed by atoms with Gasteiger partial charge in [-0.15, -0.1) is 0 Å². The molecule has 0 unspecified atom stereocenters. The average molecular weight is 391 g/mol. The van der Waals surface area contributed by atoms with E-state index in [2.05, 4.69) is 27.0 Å². The van der Waals surface area contributed by atoms with Crippen molar-refractivity contribution in [2.75, 3.05) is 56.2 Å². The van der Waals surface area contributed by atoms with Gasteiger partial charge in [0.2, 0.25) is 0 Å². The molecular formula is C20H30N4O2S. The van der Waals surface area contributed by atoms with Crippen LogP contribution in [0.2, 0.25) is 0 Å². The summed E-state index contributed by atoms with van der Waals surface area (Å²) in [6.45, 7) is 4.93. The Labute approximate surface area is 166 Å². The second-order valence-electron chi connectivity index (χ2n) is 7.63. The van der Waals surface area contributed by atoms with E-state index >= 15 is 0 Å². The van der Waals surface area contributed by atoms with Gasteiger partial charge in [-0.25, -0.2) is 4.98 Å². The molecule has 3 saturated heterocycles. The monoisotopic (exact) mass is 390 g/mol. The summed E-state index contributed by atoms with van der Waals surface area (Å²) < 4.78 is 5.31. The van der Waals surface area contributed by atoms with Crippen LogP contribution in [0.4, 0.5) is 5.82 Å². The molecule has 1 N–H and O–H groups in total. The highest BCUT2D eigenvalue weighted by molar-refractivity contribution is 7.99. The van der Waals surface area contributed by atoms with Crippen LogP contribution < -0.4 is 5.32 Å². The van der Waals surface area contributed by atoms with Gasteiger partial charge in [0, 0.05) is 44.5 Å². The summed E-state index contributed by atoms with van der Waals surface area (Å²) in [5.41, 5.74) is 0.660. The maximum absolute atomic E-state index is 12.5. The highest BCUT2D eigenvalue weighted by Gasteiger charge is 2.26. The fourth-order valence-corrected chi connectivity index (χ4v) is 5.30. The maximum Gasteiger partial charge on any atom is 0.255 e. The minimum Gasteiger partial charge on any atom is -0.378 e. The van der Waals surface area contributed by atoms with Gasteiger partial charge < -0.3 is 19.9 Å². The van der Waals surface area contributed by atoms with Gasteiger partial charge in [0.1, 0.15) is 5.82 Å². The Balaban J connectivity index is 1.26. The maximum atomic E-state index is 12.5. The first-order chi connectivity index (χ1) is 13.3. The van der Waals surface area contributed by atoms with Crippen molar-refractivity contribution in [2.24, 2.45) is 0 Å². The van der Waals surface area contributed by atoms with E-state index in [-0.39, 0.29) is 5.91 Å². The van der Waals surface area contributed by atoms with Crippen molar-refractivity contribution >= 4 is 23.5 Å². The molecule has 0 aliphatic carbocycles. The molecule has 0 aromatic carbocycles. The average Bonchev–Trinajstić information content (AvgIpc) is 2.76. The number of nitrogens with zero attached hydrogens (tertiary/aromatic N) is 3. The lowest BCUT2D eigenvalue weighted by molar-refractivity contribution is 0.0302. The number of aromatic nitrogens is 1. The number of anilines is 1. The fraction of sp³-hybridized carbons (Fsp3) is 0.700. The summed E-state index contributed by atoms with van der Waals surface area (Å²) in [6, 6.07) is 5.11. The number of carbonyl (C=O) groups is 1. The molecule has 0 atom stereocenters. The fourth-order valence-electron chi connectivity index (χ4n) is 4.22. The molecule has 6 nitrogen and oxygen atoms in total. The van der Waals surface area contributed by atoms with Crippen molar-refractivity contribution in [1.29, 1.82) is 0 Å². The van der Waals surface area contributed by atoms with Gasteiger partial charge in [0.05, 0.1) is 18.8 Å². The van der Waals surface area contributed by atoms with Crippen molar-refractivity contribution in [2.45, 2.75) is 37.8 Å². The zero-order valence-corrected chi connectivity index (χ0v) is 16.8. The molecule has 0 bridgehead atoms. The summed E-state index contributed by atoms with van der Waals surface area (Å²) in [5.74, 6) is 3.57. The zero-order valence-electron chi connectivity index (χ0n) is 15.9. The van der Waals surface area contributed by atoms with Crippen LogP contribution in [0.15, 0.2) is 18.3 Å². The molecule has 148 valence electrons. The number of thioether (sulfide) groups is 1. The van der Waals surface area contributed by atoms with Crippen LogP contribution in [0.3, 0.4) is 0 Å². The lowest BCUT2D eigenvalue weighted by atomic mass is 10.0. The molecule has 3 aliphatic heterocycles. The van der Waals surface area contributed by atoms with Crippen molar-refractivity contribution in [3.05, 3.63) is 23.9 Å². The summed E-state index contributed by atoms with van der Waals surface area (Å²) in [7, 11) is 0. The number of rotatable bonds is 4. The van der Waals surface area contributed by atoms with Gasteiger partial charge in [0.25, 0.3) is 5.91 Å². The Morgan fingerprint density at radius 3 is 2.48 bits per heavy atom. The van der Waals surface area contributed by atoms with Gasteiger partial charge in [-0.3, -0.25) is 4.79 Å². The number of amides is 1. The number of likely N-dealkylation sites (tertiary alicyclic amines) is 1. The molecule has 1 amide bonds. The van der Waals surface area contributed by atoms with Crippen LogP contribution in [0.5, 0.6) is 0 Å². The van der Waals surface area contributed by atoms with Gasteiger partial charge in [-0.2, -0.15) is 11.8 Å². The largest absolute Gasteiger partial charge is 0.378 e. The Morgan fingerprint density at radius 2 is 1.81 bits per heavy atom. The Bertz CT molecular complexity index is 607. The molecule has 0 saturated carbocycles. The smallest absolute Gasteiger partial charge is 0.255 e. The lowest BCUT2D eigenvalue weighted by Gasteiger charge is -2.39. The minimum atomic E-state index is 0.0521. The number of ether oxygens (including phenoxy) is 1. The topological polar surface area (TPSA) is 57.7 Å². The minimum absolute atomic E-state index is 0.0521. The Morgan fingerprint density at radius 1 is 1.07 bits per heavy atom. The number of pyridine rings is 1. The normalized spacial score (nSPS) is 23.3. The number of carbonyl (C=O) groups excluding carboxylic acids is 1. The third-order valence-electron chi connectivity index (χ3n) is 5.90. The highest BCUT2D eigenvalue weighted by Crippen LogP contribution is 2.25. The summed E-state index contributed by atoms with van der Waals surface area (Å²) in [6.07, 6.45) is 6.74. The summed E-state index contributed by atoms with van der Waals surface area (Å²) >= 11 is 2.10. The SMILES string of the molecule is O=C(c1ccc(NC2CCN(C3CCSCC3)CC2)nc1)N1CCOCC1. The van der Waals surface area contributed by atoms with E-state index in [1.54, 1.807) is 6.20 Å². The van der Waals surface area contributed by atoms with Crippen LogP contribution in [0.25, 0.3) is 0 Å². The van der Waals surface area contributed by atoms with E-state index in [9.17, 15) is 4.79 Å². The third-order valence-corrected chi connectivity index (χ3v) is 6.95. The Kier molecular flexibility index (Phi) is 6.52. The predicted octanol–water partition coefficient (Wildman–Crippen LogP) is 2.33. The van der Waals surface area contributed by atoms with Crippen molar-refractivity contribution in [1.82, 2.24) is 14.8 Å². The first-order valence-electron chi connectivity index (χ1n) is 10.2. The molecule has 7 heteroatoms. The zero-order chi connectivity index (χ0) is 18.5. The Hall–Kier alpha value is -1.31. The summed E-state index contributed by atoms with van der Waals surface area (Å²) in [4.78, 5) is 21.5. The molecule has 27 heavy (non-hydrogen) atoms. The first kappa shape index (κ1) is 19.0. The third kappa shape index (κ3) is 4.95. The van der Waals surface area contributed by atoms with E-state index in [4.69, 9.17) is 4.74 Å². The van der Waals surface area contributed by atoms with E-state index in [1.165, 1.54) is 50.3 Å². The standard InChI is InChI=1S/C20H30N4O2S/c25-20(24-9-11-26-12-10-24)16-1-2-19(21-15-16)22-17-3-7-23(8-4-17)18-5-13-27-14-6-18/h1-2,15,17-18H,3-14H2,(H,21,22). The van der Waals surface area contributed by atoms with Crippen molar-refractivity contribution in [3.63, 3.8) is 0 Å². The number of piperidine rings is 1. The van der Waals surface area contributed by atoms with E-state index < -0.39 is 0 Å². The lowest BCUT2D eigenvalue weighted by Crippen LogP contribution is -2.45. The van der Waals surface area contributed by atoms with Crippen LogP contribution in [0.1, 0.15) is 36.0 Å². The van der Waals surface area contributed by atoms with Gasteiger partial charge in [-0.1, -0.05) is 0 Å². The number of hydrogen-bond donors (Lipinski definition) is 1. The molecular weight excluding hydrogens is 360 g/mol. The molecule has 3 aliphatic rings. The van der Waals surface area contributed by atoms with Crippen LogP contribution in [0, 0.1) is 0 Å². The van der Waals surface area contributed by atoms with E-state index in [0.29, 0.717) is 37.9 Å².